The predicted octanol–water partition coefficient (Wildman–Crippen LogP) is 6.00. The summed E-state index contributed by atoms with van der Waals surface area (Å²) in [4.78, 5) is 29.8. The maximum atomic E-state index is 13.7. The smallest absolute Gasteiger partial charge is 0.335 e. The number of likely N-dealkylation sites (tertiary alicyclic amines) is 1. The van der Waals surface area contributed by atoms with Gasteiger partial charge >= 0.3 is 5.97 Å². The molecule has 2 heterocycles. The van der Waals surface area contributed by atoms with Crippen LogP contribution in [-0.4, -0.2) is 64.6 Å². The third kappa shape index (κ3) is 5.30. The Labute approximate surface area is 219 Å². The Morgan fingerprint density at radius 2 is 1.70 bits per heavy atom. The van der Waals surface area contributed by atoms with Gasteiger partial charge in [0.25, 0.3) is 0 Å². The van der Waals surface area contributed by atoms with Crippen LogP contribution in [0.1, 0.15) is 73.2 Å². The van der Waals surface area contributed by atoms with Gasteiger partial charge in [0.2, 0.25) is 5.91 Å². The molecule has 2 aromatic carbocycles. The van der Waals surface area contributed by atoms with Crippen LogP contribution in [0.2, 0.25) is 0 Å². The second-order valence-corrected chi connectivity index (χ2v) is 11.0. The van der Waals surface area contributed by atoms with E-state index in [0.717, 1.165) is 48.0 Å². The normalized spacial score (nSPS) is 19.2. The summed E-state index contributed by atoms with van der Waals surface area (Å²) in [5, 5.41) is 10.8. The summed E-state index contributed by atoms with van der Waals surface area (Å²) < 4.78 is 2.10. The Morgan fingerprint density at radius 1 is 0.973 bits per heavy atom. The Kier molecular flexibility index (Phi) is 7.65. The van der Waals surface area contributed by atoms with Crippen LogP contribution in [0.5, 0.6) is 0 Å². The summed E-state index contributed by atoms with van der Waals surface area (Å²) in [5.41, 5.74) is 4.53. The van der Waals surface area contributed by atoms with Gasteiger partial charge in [-0.2, -0.15) is 0 Å². The van der Waals surface area contributed by atoms with Crippen molar-refractivity contribution in [2.24, 2.45) is 0 Å². The second-order valence-electron chi connectivity index (χ2n) is 11.0. The molecule has 0 spiro atoms. The summed E-state index contributed by atoms with van der Waals surface area (Å²) in [6.45, 7) is 1.99. The Balaban J connectivity index is 1.60. The Hall–Kier alpha value is -3.12. The lowest BCUT2D eigenvalue weighted by Gasteiger charge is -2.35. The number of amides is 1. The minimum absolute atomic E-state index is 0.0592. The first-order valence-electron chi connectivity index (χ1n) is 13.8. The number of rotatable bonds is 7. The molecule has 196 valence electrons. The number of hydrogen-bond acceptors (Lipinski definition) is 3. The van der Waals surface area contributed by atoms with E-state index in [2.05, 4.69) is 28.6 Å². The van der Waals surface area contributed by atoms with Gasteiger partial charge in [-0.3, -0.25) is 4.79 Å². The molecule has 1 saturated carbocycles. The first kappa shape index (κ1) is 25.5. The number of likely N-dealkylation sites (N-methyl/N-ethyl adjacent to an activating group) is 2. The average molecular weight is 502 g/mol. The number of carbonyl (C=O) groups is 2. The van der Waals surface area contributed by atoms with Crippen LogP contribution in [0.4, 0.5) is 0 Å². The average Bonchev–Trinajstić information content (AvgIpc) is 3.24. The second kappa shape index (κ2) is 11.1. The highest BCUT2D eigenvalue weighted by Crippen LogP contribution is 2.44. The van der Waals surface area contributed by atoms with Crippen LogP contribution >= 0.6 is 0 Å². The standard InChI is InChI=1S/C31H39N3O3/c1-32-18-10-9-15-25(32)20-33(2)28(35)21-34-27-19-24(31(36)37)16-17-26(27)29(22-11-5-3-6-12-22)30(34)23-13-7-4-8-14-23/h4,7-8,13-14,16-17,19,22,25H,3,5-6,9-12,15,18,20-21H2,1-2H3,(H,36,37). The fourth-order valence-electron chi connectivity index (χ4n) is 6.43. The molecule has 5 rings (SSSR count). The van der Waals surface area contributed by atoms with Crippen molar-refractivity contribution in [1.82, 2.24) is 14.4 Å². The molecular weight excluding hydrogens is 462 g/mol. The number of nitrogens with zero attached hydrogens (tertiary/aromatic N) is 3. The summed E-state index contributed by atoms with van der Waals surface area (Å²) in [6, 6.07) is 16.1. The van der Waals surface area contributed by atoms with E-state index in [1.54, 1.807) is 12.1 Å². The van der Waals surface area contributed by atoms with Gasteiger partial charge in [0.1, 0.15) is 6.54 Å². The Morgan fingerprint density at radius 3 is 2.41 bits per heavy atom. The minimum Gasteiger partial charge on any atom is -0.478 e. The lowest BCUT2D eigenvalue weighted by molar-refractivity contribution is -0.131. The molecule has 0 bridgehead atoms. The van der Waals surface area contributed by atoms with Crippen molar-refractivity contribution >= 4 is 22.8 Å². The van der Waals surface area contributed by atoms with Crippen molar-refractivity contribution in [2.75, 3.05) is 27.2 Å². The van der Waals surface area contributed by atoms with Crippen LogP contribution in [0.25, 0.3) is 22.2 Å². The topological polar surface area (TPSA) is 65.8 Å². The molecule has 6 nitrogen and oxygen atoms in total. The van der Waals surface area contributed by atoms with E-state index in [0.29, 0.717) is 18.5 Å². The predicted molar refractivity (Wildman–Crippen MR) is 148 cm³/mol. The first-order valence-corrected chi connectivity index (χ1v) is 13.8. The van der Waals surface area contributed by atoms with Gasteiger partial charge in [-0.1, -0.05) is 62.1 Å². The van der Waals surface area contributed by atoms with Crippen molar-refractivity contribution in [2.45, 2.75) is 69.9 Å². The lowest BCUT2D eigenvalue weighted by Crippen LogP contribution is -2.45. The molecular formula is C31H39N3O3. The summed E-state index contributed by atoms with van der Waals surface area (Å²) in [5.74, 6) is -0.477. The molecule has 0 radical (unpaired) electrons. The molecule has 1 aliphatic carbocycles. The molecule has 1 N–H and O–H groups in total. The SMILES string of the molecule is CN(CC1CCCCN1C)C(=O)Cn1c(-c2ccccc2)c(C2CCCCC2)c2ccc(C(=O)O)cc21. The maximum absolute atomic E-state index is 13.7. The van der Waals surface area contributed by atoms with Crippen LogP contribution in [0.3, 0.4) is 0 Å². The largest absolute Gasteiger partial charge is 0.478 e. The van der Waals surface area contributed by atoms with Crippen molar-refractivity contribution in [3.63, 3.8) is 0 Å². The number of piperidine rings is 1. The van der Waals surface area contributed by atoms with Crippen LogP contribution in [0.15, 0.2) is 48.5 Å². The van der Waals surface area contributed by atoms with E-state index >= 15 is 0 Å². The molecule has 1 atom stereocenters. The molecule has 1 aliphatic heterocycles. The van der Waals surface area contributed by atoms with Gasteiger partial charge in [0.05, 0.1) is 16.8 Å². The molecule has 1 saturated heterocycles. The number of carboxylic acids is 1. The zero-order valence-electron chi connectivity index (χ0n) is 22.2. The highest BCUT2D eigenvalue weighted by molar-refractivity contribution is 5.99. The molecule has 2 aliphatic rings. The Bertz CT molecular complexity index is 1260. The maximum Gasteiger partial charge on any atom is 0.335 e. The fourth-order valence-corrected chi connectivity index (χ4v) is 6.43. The summed E-state index contributed by atoms with van der Waals surface area (Å²) in [7, 11) is 4.06. The molecule has 2 fully saturated rings. The first-order chi connectivity index (χ1) is 17.9. The van der Waals surface area contributed by atoms with E-state index in [4.69, 9.17) is 0 Å². The third-order valence-electron chi connectivity index (χ3n) is 8.54. The highest BCUT2D eigenvalue weighted by Gasteiger charge is 2.29. The molecule has 3 aromatic rings. The highest BCUT2D eigenvalue weighted by atomic mass is 16.4. The monoisotopic (exact) mass is 501 g/mol. The number of hydrogen-bond donors (Lipinski definition) is 1. The van der Waals surface area contributed by atoms with Crippen molar-refractivity contribution in [3.8, 4) is 11.3 Å². The fraction of sp³-hybridized carbons (Fsp3) is 0.484. The summed E-state index contributed by atoms with van der Waals surface area (Å²) in [6.07, 6.45) is 9.46. The summed E-state index contributed by atoms with van der Waals surface area (Å²) >= 11 is 0. The van der Waals surface area contributed by atoms with E-state index in [1.807, 2.05) is 36.2 Å². The number of fused-ring (bicyclic) bond motifs is 1. The van der Waals surface area contributed by atoms with E-state index in [9.17, 15) is 14.7 Å². The van der Waals surface area contributed by atoms with Crippen molar-refractivity contribution in [3.05, 3.63) is 59.7 Å². The number of aromatic carboxylic acids is 1. The van der Waals surface area contributed by atoms with Gasteiger partial charge in [-0.15, -0.1) is 0 Å². The van der Waals surface area contributed by atoms with Crippen LogP contribution < -0.4 is 0 Å². The number of carboxylic acid groups (broad SMARTS) is 1. The van der Waals surface area contributed by atoms with E-state index in [1.165, 1.54) is 37.7 Å². The molecule has 1 unspecified atom stereocenters. The zero-order chi connectivity index (χ0) is 25.9. The van der Waals surface area contributed by atoms with Gasteiger partial charge in [0, 0.05) is 25.0 Å². The van der Waals surface area contributed by atoms with Crippen molar-refractivity contribution in [1.29, 1.82) is 0 Å². The molecule has 1 amide bonds. The molecule has 1 aromatic heterocycles. The molecule has 6 heteroatoms. The number of aromatic nitrogens is 1. The van der Waals surface area contributed by atoms with Gasteiger partial charge < -0.3 is 19.5 Å². The minimum atomic E-state index is -0.945. The van der Waals surface area contributed by atoms with Crippen LogP contribution in [-0.2, 0) is 11.3 Å². The molecule has 37 heavy (non-hydrogen) atoms. The van der Waals surface area contributed by atoms with Gasteiger partial charge in [-0.25, -0.2) is 4.79 Å². The van der Waals surface area contributed by atoms with Gasteiger partial charge in [-0.05, 0) is 68.5 Å². The quantitative estimate of drug-likeness (QED) is 0.431. The lowest BCUT2D eigenvalue weighted by atomic mass is 9.82. The van der Waals surface area contributed by atoms with Gasteiger partial charge in [0.15, 0.2) is 0 Å². The zero-order valence-corrected chi connectivity index (χ0v) is 22.2. The number of carbonyl (C=O) groups excluding carboxylic acids is 1. The van der Waals surface area contributed by atoms with E-state index in [-0.39, 0.29) is 18.0 Å². The van der Waals surface area contributed by atoms with E-state index < -0.39 is 5.97 Å². The number of benzene rings is 2. The third-order valence-corrected chi connectivity index (χ3v) is 8.54. The van der Waals surface area contributed by atoms with Crippen molar-refractivity contribution < 1.29 is 14.7 Å². The van der Waals surface area contributed by atoms with Crippen LogP contribution in [0, 0.1) is 0 Å².